The van der Waals surface area contributed by atoms with Gasteiger partial charge < -0.3 is 9.84 Å². The zero-order valence-electron chi connectivity index (χ0n) is 13.7. The van der Waals surface area contributed by atoms with Crippen molar-refractivity contribution in [3.05, 3.63) is 29.8 Å². The van der Waals surface area contributed by atoms with E-state index in [-0.39, 0.29) is 11.4 Å². The van der Waals surface area contributed by atoms with Gasteiger partial charge in [-0.2, -0.15) is 0 Å². The quantitative estimate of drug-likeness (QED) is 0.537. The van der Waals surface area contributed by atoms with Crippen molar-refractivity contribution in [1.29, 1.82) is 0 Å². The summed E-state index contributed by atoms with van der Waals surface area (Å²) in [7, 11) is 0. The van der Waals surface area contributed by atoms with Gasteiger partial charge in [-0.25, -0.2) is 0 Å². The molecular formula is C19H27BrO2. The van der Waals surface area contributed by atoms with E-state index in [1.165, 1.54) is 44.9 Å². The van der Waals surface area contributed by atoms with Crippen LogP contribution < -0.4 is 4.74 Å². The zero-order valence-corrected chi connectivity index (χ0v) is 15.3. The molecule has 0 amide bonds. The van der Waals surface area contributed by atoms with Gasteiger partial charge in [0.2, 0.25) is 0 Å². The molecule has 2 rings (SSSR count). The van der Waals surface area contributed by atoms with Gasteiger partial charge in [0.25, 0.3) is 0 Å². The first-order valence-electron chi connectivity index (χ1n) is 8.45. The SMILES string of the molecule is CCCCCCCCCC1(C)C=C(Br)c2ccc(O)cc2O1. The summed E-state index contributed by atoms with van der Waals surface area (Å²) in [5.74, 6) is 1.01. The first-order chi connectivity index (χ1) is 10.5. The minimum atomic E-state index is -0.289. The van der Waals surface area contributed by atoms with Crippen LogP contribution in [0.4, 0.5) is 0 Å². The van der Waals surface area contributed by atoms with Gasteiger partial charge in [0.15, 0.2) is 0 Å². The van der Waals surface area contributed by atoms with E-state index in [1.807, 2.05) is 6.07 Å². The van der Waals surface area contributed by atoms with E-state index >= 15 is 0 Å². The van der Waals surface area contributed by atoms with Gasteiger partial charge in [-0.05, 0) is 38.0 Å². The second kappa shape index (κ2) is 8.05. The number of ether oxygens (including phenoxy) is 1. The Hall–Kier alpha value is -0.960. The van der Waals surface area contributed by atoms with Crippen molar-refractivity contribution in [2.45, 2.75) is 70.8 Å². The van der Waals surface area contributed by atoms with Gasteiger partial charge >= 0.3 is 0 Å². The van der Waals surface area contributed by atoms with Crippen molar-refractivity contribution in [2.75, 3.05) is 0 Å². The first-order valence-corrected chi connectivity index (χ1v) is 9.24. The molecule has 1 aliphatic heterocycles. The number of phenolic OH excluding ortho intramolecular Hbond substituents is 1. The lowest BCUT2D eigenvalue weighted by molar-refractivity contribution is 0.123. The minimum Gasteiger partial charge on any atom is -0.508 e. The van der Waals surface area contributed by atoms with Crippen molar-refractivity contribution < 1.29 is 9.84 Å². The molecule has 22 heavy (non-hydrogen) atoms. The summed E-state index contributed by atoms with van der Waals surface area (Å²) in [5.41, 5.74) is 0.720. The Kier molecular flexibility index (Phi) is 6.37. The molecule has 0 spiro atoms. The van der Waals surface area contributed by atoms with Crippen molar-refractivity contribution >= 4 is 20.4 Å². The van der Waals surface area contributed by atoms with Gasteiger partial charge in [0, 0.05) is 16.1 Å². The van der Waals surface area contributed by atoms with E-state index in [2.05, 4.69) is 35.9 Å². The van der Waals surface area contributed by atoms with Crippen LogP contribution in [0.3, 0.4) is 0 Å². The zero-order chi connectivity index (χ0) is 16.0. The molecule has 0 radical (unpaired) electrons. The predicted octanol–water partition coefficient (Wildman–Crippen LogP) is 6.42. The van der Waals surface area contributed by atoms with Crippen LogP contribution >= 0.6 is 15.9 Å². The number of fused-ring (bicyclic) bond motifs is 1. The Bertz CT molecular complexity index is 524. The number of hydrogen-bond acceptors (Lipinski definition) is 2. The van der Waals surface area contributed by atoms with E-state index in [0.29, 0.717) is 0 Å². The number of aromatic hydroxyl groups is 1. The van der Waals surface area contributed by atoms with Crippen LogP contribution in [-0.4, -0.2) is 10.7 Å². The van der Waals surface area contributed by atoms with Gasteiger partial charge in [-0.3, -0.25) is 0 Å². The molecule has 0 bridgehead atoms. The Balaban J connectivity index is 1.85. The molecule has 1 unspecified atom stereocenters. The third-order valence-electron chi connectivity index (χ3n) is 4.27. The topological polar surface area (TPSA) is 29.5 Å². The Morgan fingerprint density at radius 2 is 1.77 bits per heavy atom. The average Bonchev–Trinajstić information content (AvgIpc) is 2.45. The van der Waals surface area contributed by atoms with Crippen LogP contribution in [-0.2, 0) is 0 Å². The number of benzene rings is 1. The number of hydrogen-bond donors (Lipinski definition) is 1. The smallest absolute Gasteiger partial charge is 0.132 e. The number of halogens is 1. The Morgan fingerprint density at radius 1 is 1.09 bits per heavy atom. The highest BCUT2D eigenvalue weighted by Crippen LogP contribution is 2.42. The lowest BCUT2D eigenvalue weighted by Crippen LogP contribution is -2.32. The molecule has 0 saturated heterocycles. The van der Waals surface area contributed by atoms with Crippen LogP contribution in [0.2, 0.25) is 0 Å². The van der Waals surface area contributed by atoms with Gasteiger partial charge in [0.05, 0.1) is 0 Å². The maximum Gasteiger partial charge on any atom is 0.132 e. The van der Waals surface area contributed by atoms with Crippen LogP contribution in [0.1, 0.15) is 70.8 Å². The molecule has 0 fully saturated rings. The molecule has 2 nitrogen and oxygen atoms in total. The van der Waals surface area contributed by atoms with E-state index in [4.69, 9.17) is 4.74 Å². The van der Waals surface area contributed by atoms with Crippen molar-refractivity contribution in [3.63, 3.8) is 0 Å². The lowest BCUT2D eigenvalue weighted by Gasteiger charge is -2.33. The fourth-order valence-electron chi connectivity index (χ4n) is 2.98. The number of phenols is 1. The summed E-state index contributed by atoms with van der Waals surface area (Å²) in [6.07, 6.45) is 12.3. The molecule has 1 N–H and O–H groups in total. The van der Waals surface area contributed by atoms with Crippen molar-refractivity contribution in [1.82, 2.24) is 0 Å². The molecule has 1 atom stereocenters. The number of rotatable bonds is 8. The largest absolute Gasteiger partial charge is 0.508 e. The lowest BCUT2D eigenvalue weighted by atomic mass is 9.93. The second-order valence-corrected chi connectivity index (χ2v) is 7.31. The normalized spacial score (nSPS) is 20.2. The summed E-state index contributed by atoms with van der Waals surface area (Å²) in [4.78, 5) is 0. The highest BCUT2D eigenvalue weighted by molar-refractivity contribution is 9.15. The first kappa shape index (κ1) is 17.4. The molecular weight excluding hydrogens is 340 g/mol. The molecule has 1 heterocycles. The van der Waals surface area contributed by atoms with Crippen LogP contribution in [0, 0.1) is 0 Å². The highest BCUT2D eigenvalue weighted by Gasteiger charge is 2.30. The van der Waals surface area contributed by atoms with E-state index in [1.54, 1.807) is 12.1 Å². The molecule has 1 aromatic carbocycles. The maximum atomic E-state index is 9.65. The van der Waals surface area contributed by atoms with Crippen LogP contribution in [0.25, 0.3) is 4.48 Å². The Labute approximate surface area is 142 Å². The third kappa shape index (κ3) is 4.77. The molecule has 1 aliphatic rings. The van der Waals surface area contributed by atoms with Crippen LogP contribution in [0.5, 0.6) is 11.5 Å². The molecule has 0 aliphatic carbocycles. The summed E-state index contributed by atoms with van der Waals surface area (Å²) >= 11 is 3.64. The summed E-state index contributed by atoms with van der Waals surface area (Å²) in [5, 5.41) is 9.65. The molecule has 0 aromatic heterocycles. The number of unbranched alkanes of at least 4 members (excludes halogenated alkanes) is 6. The fraction of sp³-hybridized carbons (Fsp3) is 0.579. The minimum absolute atomic E-state index is 0.249. The molecule has 122 valence electrons. The summed E-state index contributed by atoms with van der Waals surface area (Å²) in [6, 6.07) is 5.28. The molecule has 0 saturated carbocycles. The monoisotopic (exact) mass is 366 g/mol. The molecule has 1 aromatic rings. The van der Waals surface area contributed by atoms with E-state index < -0.39 is 0 Å². The maximum absolute atomic E-state index is 9.65. The van der Waals surface area contributed by atoms with Crippen molar-refractivity contribution in [3.8, 4) is 11.5 Å². The van der Waals surface area contributed by atoms with Crippen LogP contribution in [0.15, 0.2) is 24.3 Å². The summed E-state index contributed by atoms with van der Waals surface area (Å²) < 4.78 is 7.20. The fourth-order valence-corrected chi connectivity index (χ4v) is 3.79. The standard InChI is InChI=1S/C19H27BrO2/c1-3-4-5-6-7-8-9-12-19(2)14-17(20)16-11-10-15(21)13-18(16)22-19/h10-11,13-14,21H,3-9,12H2,1-2H3. The summed E-state index contributed by atoms with van der Waals surface area (Å²) in [6.45, 7) is 4.37. The third-order valence-corrected chi connectivity index (χ3v) is 4.93. The second-order valence-electron chi connectivity index (χ2n) is 6.46. The molecule has 3 heteroatoms. The van der Waals surface area contributed by atoms with E-state index in [0.717, 1.165) is 22.2 Å². The average molecular weight is 367 g/mol. The van der Waals surface area contributed by atoms with Crippen molar-refractivity contribution in [2.24, 2.45) is 0 Å². The van der Waals surface area contributed by atoms with Gasteiger partial charge in [0.1, 0.15) is 17.1 Å². The van der Waals surface area contributed by atoms with Gasteiger partial charge in [-0.1, -0.05) is 61.4 Å². The van der Waals surface area contributed by atoms with E-state index in [9.17, 15) is 5.11 Å². The Morgan fingerprint density at radius 3 is 2.50 bits per heavy atom. The van der Waals surface area contributed by atoms with Gasteiger partial charge in [-0.15, -0.1) is 0 Å². The predicted molar refractivity (Wildman–Crippen MR) is 96.7 cm³/mol. The highest BCUT2D eigenvalue weighted by atomic mass is 79.9.